The van der Waals surface area contributed by atoms with Gasteiger partial charge in [-0.2, -0.15) is 0 Å². The normalized spacial score (nSPS) is 10.3. The number of amidine groups is 1. The van der Waals surface area contributed by atoms with Crippen molar-refractivity contribution in [2.75, 3.05) is 14.1 Å². The molecule has 158 valence electrons. The van der Waals surface area contributed by atoms with E-state index in [2.05, 4.69) is 0 Å². The number of nitrogens with one attached hydrogen (secondary N) is 1. The topological polar surface area (TPSA) is 132 Å². The van der Waals surface area contributed by atoms with Gasteiger partial charge in [-0.3, -0.25) is 15.0 Å². The van der Waals surface area contributed by atoms with Crippen molar-refractivity contribution in [3.63, 3.8) is 0 Å². The van der Waals surface area contributed by atoms with Gasteiger partial charge in [-0.05, 0) is 60.7 Å². The number of amides is 2. The highest BCUT2D eigenvalue weighted by Crippen LogP contribution is 2.30. The molecule has 0 unspecified atom stereocenters. The van der Waals surface area contributed by atoms with Crippen molar-refractivity contribution in [3.8, 4) is 23.0 Å². The Hall–Kier alpha value is -4.33. The van der Waals surface area contributed by atoms with Gasteiger partial charge in [-0.15, -0.1) is 0 Å². The van der Waals surface area contributed by atoms with E-state index in [0.717, 1.165) is 0 Å². The third kappa shape index (κ3) is 5.39. The number of nitrogens with two attached hydrogens (primary N) is 2. The van der Waals surface area contributed by atoms with Crippen LogP contribution >= 0.6 is 0 Å². The molecule has 0 spiro atoms. The molecule has 5 N–H and O–H groups in total. The highest BCUT2D eigenvalue weighted by molar-refractivity contribution is 5.95. The first-order chi connectivity index (χ1) is 14.7. The van der Waals surface area contributed by atoms with Gasteiger partial charge in [0.15, 0.2) is 0 Å². The number of rotatable bonds is 7. The molecule has 0 aromatic heterocycles. The summed E-state index contributed by atoms with van der Waals surface area (Å²) in [5, 5.41) is 7.44. The predicted octanol–water partition coefficient (Wildman–Crippen LogP) is 3.36. The van der Waals surface area contributed by atoms with Crippen LogP contribution in [0.1, 0.15) is 26.3 Å². The molecule has 3 aromatic carbocycles. The molecule has 2 amide bonds. The summed E-state index contributed by atoms with van der Waals surface area (Å²) in [5.41, 5.74) is 12.2. The van der Waals surface area contributed by atoms with E-state index in [1.54, 1.807) is 68.7 Å². The maximum atomic E-state index is 12.0. The highest BCUT2D eigenvalue weighted by Gasteiger charge is 2.11. The van der Waals surface area contributed by atoms with Crippen LogP contribution in [0.4, 0.5) is 0 Å². The summed E-state index contributed by atoms with van der Waals surface area (Å²) in [4.78, 5) is 25.2. The molecular weight excluding hydrogens is 396 g/mol. The molecule has 8 heteroatoms. The molecule has 31 heavy (non-hydrogen) atoms. The van der Waals surface area contributed by atoms with Crippen LogP contribution in [-0.2, 0) is 0 Å². The van der Waals surface area contributed by atoms with Crippen LogP contribution in [0.2, 0.25) is 0 Å². The predicted molar refractivity (Wildman–Crippen MR) is 117 cm³/mol. The fraction of sp³-hybridized carbons (Fsp3) is 0.0870. The third-order valence-electron chi connectivity index (χ3n) is 4.31. The summed E-state index contributed by atoms with van der Waals surface area (Å²) in [6, 6.07) is 17.9. The van der Waals surface area contributed by atoms with Crippen molar-refractivity contribution in [2.24, 2.45) is 11.5 Å². The molecule has 0 fully saturated rings. The largest absolute Gasteiger partial charge is 0.457 e. The minimum atomic E-state index is -0.630. The summed E-state index contributed by atoms with van der Waals surface area (Å²) in [6.07, 6.45) is 0. The van der Waals surface area contributed by atoms with Crippen LogP contribution < -0.4 is 20.9 Å². The van der Waals surface area contributed by atoms with Gasteiger partial charge in [0, 0.05) is 36.9 Å². The van der Waals surface area contributed by atoms with Gasteiger partial charge in [-0.25, -0.2) is 0 Å². The van der Waals surface area contributed by atoms with Crippen LogP contribution in [0.5, 0.6) is 23.0 Å². The molecule has 0 bridgehead atoms. The van der Waals surface area contributed by atoms with Gasteiger partial charge in [0.05, 0.1) is 0 Å². The van der Waals surface area contributed by atoms with Crippen molar-refractivity contribution in [3.05, 3.63) is 83.4 Å². The minimum Gasteiger partial charge on any atom is -0.457 e. The number of ether oxygens (including phenoxy) is 2. The molecule has 0 heterocycles. The maximum Gasteiger partial charge on any atom is 0.253 e. The fourth-order valence-corrected chi connectivity index (χ4v) is 2.73. The molecule has 0 aliphatic rings. The zero-order valence-corrected chi connectivity index (χ0v) is 17.1. The summed E-state index contributed by atoms with van der Waals surface area (Å²) < 4.78 is 11.6. The molecular formula is C23H22N4O4. The molecule has 0 aliphatic heterocycles. The lowest BCUT2D eigenvalue weighted by atomic mass is 10.1. The number of nitrogen functional groups attached to an aromatic ring is 1. The molecule has 0 saturated heterocycles. The van der Waals surface area contributed by atoms with E-state index >= 15 is 0 Å². The number of primary amides is 1. The van der Waals surface area contributed by atoms with E-state index in [1.807, 2.05) is 0 Å². The number of hydrogen-bond acceptors (Lipinski definition) is 5. The second-order valence-corrected chi connectivity index (χ2v) is 6.92. The summed E-state index contributed by atoms with van der Waals surface area (Å²) in [6.45, 7) is 0. The first-order valence-electron chi connectivity index (χ1n) is 9.29. The molecule has 8 nitrogen and oxygen atoms in total. The Labute approximate surface area is 179 Å². The SMILES string of the molecule is CN(C)C(=O)c1ccc(Oc2cc(Oc3ccc(C(=N)N)cc3)cc(C(N)=O)c2)cc1. The Morgan fingerprint density at radius 1 is 0.710 bits per heavy atom. The van der Waals surface area contributed by atoms with Gasteiger partial charge in [0.2, 0.25) is 5.91 Å². The van der Waals surface area contributed by atoms with Crippen molar-refractivity contribution >= 4 is 17.6 Å². The Morgan fingerprint density at radius 2 is 1.16 bits per heavy atom. The third-order valence-corrected chi connectivity index (χ3v) is 4.31. The van der Waals surface area contributed by atoms with Crippen molar-refractivity contribution < 1.29 is 19.1 Å². The Morgan fingerprint density at radius 3 is 1.55 bits per heavy atom. The summed E-state index contributed by atoms with van der Waals surface area (Å²) in [7, 11) is 3.36. The monoisotopic (exact) mass is 418 g/mol. The van der Waals surface area contributed by atoms with Gasteiger partial charge in [0.1, 0.15) is 28.8 Å². The van der Waals surface area contributed by atoms with Gasteiger partial charge in [0.25, 0.3) is 5.91 Å². The molecule has 0 atom stereocenters. The standard InChI is InChI=1S/C23H22N4O4/c1-27(2)23(29)15-5-9-18(10-6-15)31-20-12-16(22(26)28)11-19(13-20)30-17-7-3-14(4-8-17)21(24)25/h3-13H,1-2H3,(H3,24,25)(H2,26,28). The molecule has 3 aromatic rings. The average molecular weight is 418 g/mol. The zero-order valence-electron chi connectivity index (χ0n) is 17.1. The first kappa shape index (κ1) is 21.4. The number of benzene rings is 3. The van der Waals surface area contributed by atoms with Crippen LogP contribution in [0.3, 0.4) is 0 Å². The van der Waals surface area contributed by atoms with Crippen LogP contribution in [0.15, 0.2) is 66.7 Å². The summed E-state index contributed by atoms with van der Waals surface area (Å²) in [5.74, 6) is 0.872. The highest BCUT2D eigenvalue weighted by atomic mass is 16.5. The van der Waals surface area contributed by atoms with E-state index in [1.165, 1.54) is 17.0 Å². The summed E-state index contributed by atoms with van der Waals surface area (Å²) >= 11 is 0. The molecule has 3 rings (SSSR count). The molecule has 0 aliphatic carbocycles. The van der Waals surface area contributed by atoms with Crippen molar-refractivity contribution in [1.29, 1.82) is 5.41 Å². The number of nitrogens with zero attached hydrogens (tertiary/aromatic N) is 1. The van der Waals surface area contributed by atoms with Crippen molar-refractivity contribution in [1.82, 2.24) is 4.90 Å². The van der Waals surface area contributed by atoms with E-state index in [9.17, 15) is 9.59 Å². The second-order valence-electron chi connectivity index (χ2n) is 6.92. The van der Waals surface area contributed by atoms with Gasteiger partial charge in [-0.1, -0.05) is 0 Å². The maximum absolute atomic E-state index is 12.0. The Kier molecular flexibility index (Phi) is 6.21. The lowest BCUT2D eigenvalue weighted by Gasteiger charge is -2.13. The Bertz CT molecular complexity index is 1120. The second kappa shape index (κ2) is 9.00. The van der Waals surface area contributed by atoms with Crippen LogP contribution in [0.25, 0.3) is 0 Å². The molecule has 0 saturated carbocycles. The van der Waals surface area contributed by atoms with E-state index in [4.69, 9.17) is 26.4 Å². The Balaban J connectivity index is 1.83. The van der Waals surface area contributed by atoms with Crippen LogP contribution in [0, 0.1) is 5.41 Å². The number of hydrogen-bond donors (Lipinski definition) is 3. The number of carbonyl (C=O) groups is 2. The quantitative estimate of drug-likeness (QED) is 0.400. The minimum absolute atomic E-state index is 0.0451. The van der Waals surface area contributed by atoms with E-state index in [0.29, 0.717) is 34.1 Å². The van der Waals surface area contributed by atoms with E-state index in [-0.39, 0.29) is 17.3 Å². The average Bonchev–Trinajstić information content (AvgIpc) is 2.74. The number of carbonyl (C=O) groups excluding carboxylic acids is 2. The first-order valence-corrected chi connectivity index (χ1v) is 9.29. The smallest absolute Gasteiger partial charge is 0.253 e. The van der Waals surface area contributed by atoms with Gasteiger partial charge < -0.3 is 25.8 Å². The molecule has 0 radical (unpaired) electrons. The van der Waals surface area contributed by atoms with E-state index < -0.39 is 5.91 Å². The zero-order chi connectivity index (χ0) is 22.5. The lowest BCUT2D eigenvalue weighted by molar-refractivity contribution is 0.0827. The van der Waals surface area contributed by atoms with Crippen molar-refractivity contribution in [2.45, 2.75) is 0 Å². The lowest BCUT2D eigenvalue weighted by Crippen LogP contribution is -2.21. The van der Waals surface area contributed by atoms with Gasteiger partial charge >= 0.3 is 0 Å². The fourth-order valence-electron chi connectivity index (χ4n) is 2.73. The van der Waals surface area contributed by atoms with Crippen LogP contribution in [-0.4, -0.2) is 36.6 Å².